The first-order valence-electron chi connectivity index (χ1n) is 10.2. The second-order valence-electron chi connectivity index (χ2n) is 8.48. The van der Waals surface area contributed by atoms with Gasteiger partial charge in [0.2, 0.25) is 0 Å². The largest absolute Gasteiger partial charge is 0.496 e. The minimum atomic E-state index is -3.08. The van der Waals surface area contributed by atoms with Crippen molar-refractivity contribution in [2.75, 3.05) is 12.4 Å². The molecule has 4 atom stereocenters. The molecule has 1 aliphatic rings. The van der Waals surface area contributed by atoms with Crippen LogP contribution in [0.3, 0.4) is 0 Å². The fraction of sp³-hybridized carbons (Fsp3) is 0.478. The number of aliphatic hydroxyl groups excluding tert-OH is 1. The Labute approximate surface area is 184 Å². The predicted molar refractivity (Wildman–Crippen MR) is 112 cm³/mol. The van der Waals surface area contributed by atoms with Crippen LogP contribution in [0, 0.1) is 11.7 Å². The molecule has 9 heteroatoms. The van der Waals surface area contributed by atoms with E-state index >= 15 is 0 Å². The maximum absolute atomic E-state index is 14.1. The molecule has 1 saturated heterocycles. The lowest BCUT2D eigenvalue weighted by Crippen LogP contribution is -2.33. The standard InChI is InChI=1S/C23H27F3N2O4/c1-11-17(14-7-8-15(24)18(21(25)26)19(14)31-5)20(32-23(11,3)4)22(30)28-13-6-9-16(12(2)29)27-10-13/h6-12,17,20-21,29H,1-5H3,(H,28,30)/t11-,12+,17-,20+/m1/s1. The number of hydrogen-bond donors (Lipinski definition) is 2. The van der Waals surface area contributed by atoms with Crippen molar-refractivity contribution in [1.82, 2.24) is 4.98 Å². The van der Waals surface area contributed by atoms with E-state index in [9.17, 15) is 23.1 Å². The number of alkyl halides is 2. The number of nitrogens with one attached hydrogen (secondary N) is 1. The van der Waals surface area contributed by atoms with Crippen LogP contribution in [-0.4, -0.2) is 34.8 Å². The molecule has 174 valence electrons. The van der Waals surface area contributed by atoms with Gasteiger partial charge in [-0.3, -0.25) is 9.78 Å². The predicted octanol–water partition coefficient (Wildman–Crippen LogP) is 4.76. The molecule has 1 fully saturated rings. The van der Waals surface area contributed by atoms with Gasteiger partial charge in [0, 0.05) is 11.5 Å². The molecule has 0 spiro atoms. The van der Waals surface area contributed by atoms with Crippen LogP contribution in [0.15, 0.2) is 30.5 Å². The molecule has 1 aromatic carbocycles. The van der Waals surface area contributed by atoms with E-state index in [1.54, 1.807) is 32.9 Å². The van der Waals surface area contributed by atoms with E-state index in [1.807, 2.05) is 6.92 Å². The number of methoxy groups -OCH3 is 1. The third-order valence-corrected chi connectivity index (χ3v) is 6.09. The van der Waals surface area contributed by atoms with E-state index in [2.05, 4.69) is 10.3 Å². The number of aliphatic hydroxyl groups is 1. The SMILES string of the molecule is COc1c([C@@H]2[C@@H](C(=O)Nc3ccc([C@H](C)O)nc3)OC(C)(C)[C@@H]2C)ccc(F)c1C(F)F. The molecule has 0 aliphatic carbocycles. The first-order chi connectivity index (χ1) is 15.0. The molecule has 2 heterocycles. The zero-order valence-corrected chi connectivity index (χ0v) is 18.5. The topological polar surface area (TPSA) is 80.7 Å². The molecule has 1 aliphatic heterocycles. The summed E-state index contributed by atoms with van der Waals surface area (Å²) in [4.78, 5) is 17.3. The first kappa shape index (κ1) is 24.0. The highest BCUT2D eigenvalue weighted by atomic mass is 19.3. The van der Waals surface area contributed by atoms with Gasteiger partial charge in [-0.25, -0.2) is 13.2 Å². The van der Waals surface area contributed by atoms with Crippen LogP contribution >= 0.6 is 0 Å². The Morgan fingerprint density at radius 1 is 1.28 bits per heavy atom. The van der Waals surface area contributed by atoms with Crippen LogP contribution in [0.4, 0.5) is 18.9 Å². The summed E-state index contributed by atoms with van der Waals surface area (Å²) in [5, 5.41) is 12.3. The molecule has 6 nitrogen and oxygen atoms in total. The molecular formula is C23H27F3N2O4. The van der Waals surface area contributed by atoms with Gasteiger partial charge in [-0.2, -0.15) is 0 Å². The number of anilines is 1. The molecule has 1 aromatic heterocycles. The van der Waals surface area contributed by atoms with Gasteiger partial charge in [-0.1, -0.05) is 13.0 Å². The Morgan fingerprint density at radius 2 is 1.97 bits per heavy atom. The number of pyridine rings is 1. The van der Waals surface area contributed by atoms with Crippen LogP contribution in [0.5, 0.6) is 5.75 Å². The molecular weight excluding hydrogens is 425 g/mol. The zero-order valence-electron chi connectivity index (χ0n) is 18.5. The maximum atomic E-state index is 14.1. The van der Waals surface area contributed by atoms with Crippen LogP contribution in [0.1, 0.15) is 63.0 Å². The highest BCUT2D eigenvalue weighted by molar-refractivity contribution is 5.95. The van der Waals surface area contributed by atoms with E-state index in [4.69, 9.17) is 9.47 Å². The number of benzene rings is 1. The smallest absolute Gasteiger partial charge is 0.270 e. The summed E-state index contributed by atoms with van der Waals surface area (Å²) >= 11 is 0. The van der Waals surface area contributed by atoms with Crippen LogP contribution in [0.25, 0.3) is 0 Å². The second-order valence-corrected chi connectivity index (χ2v) is 8.48. The number of nitrogens with zero attached hydrogens (tertiary/aromatic N) is 1. The Hall–Kier alpha value is -2.65. The Kier molecular flexibility index (Phi) is 6.80. The van der Waals surface area contributed by atoms with Crippen LogP contribution in [0.2, 0.25) is 0 Å². The summed E-state index contributed by atoms with van der Waals surface area (Å²) in [6, 6.07) is 5.51. The fourth-order valence-electron chi connectivity index (χ4n) is 4.08. The van der Waals surface area contributed by atoms with Gasteiger partial charge in [-0.05, 0) is 44.9 Å². The van der Waals surface area contributed by atoms with Crippen molar-refractivity contribution in [2.45, 2.75) is 57.8 Å². The van der Waals surface area contributed by atoms with Crippen molar-refractivity contribution in [3.05, 3.63) is 53.1 Å². The van der Waals surface area contributed by atoms with Crippen molar-refractivity contribution in [2.24, 2.45) is 5.92 Å². The number of aromatic nitrogens is 1. The molecule has 2 N–H and O–H groups in total. The molecule has 32 heavy (non-hydrogen) atoms. The molecule has 0 unspecified atom stereocenters. The Balaban J connectivity index is 1.99. The molecule has 2 aromatic rings. The third kappa shape index (κ3) is 4.45. The summed E-state index contributed by atoms with van der Waals surface area (Å²) in [6.45, 7) is 7.04. The molecule has 3 rings (SSSR count). The number of amides is 1. The average Bonchev–Trinajstić information content (AvgIpc) is 2.97. The number of rotatable bonds is 6. The van der Waals surface area contributed by atoms with Crippen molar-refractivity contribution < 1.29 is 32.5 Å². The van der Waals surface area contributed by atoms with Crippen molar-refractivity contribution in [3.8, 4) is 5.75 Å². The maximum Gasteiger partial charge on any atom is 0.270 e. The minimum Gasteiger partial charge on any atom is -0.496 e. The lowest BCUT2D eigenvalue weighted by molar-refractivity contribution is -0.131. The van der Waals surface area contributed by atoms with E-state index in [0.717, 1.165) is 6.07 Å². The van der Waals surface area contributed by atoms with Gasteiger partial charge in [0.1, 0.15) is 17.7 Å². The number of hydrogen-bond acceptors (Lipinski definition) is 5. The molecule has 1 amide bonds. The first-order valence-corrected chi connectivity index (χ1v) is 10.2. The normalized spacial score (nSPS) is 23.2. The van der Waals surface area contributed by atoms with Gasteiger partial charge in [0.15, 0.2) is 0 Å². The third-order valence-electron chi connectivity index (χ3n) is 6.09. The van der Waals surface area contributed by atoms with Gasteiger partial charge in [0.25, 0.3) is 12.3 Å². The Bertz CT molecular complexity index is 980. The lowest BCUT2D eigenvalue weighted by atomic mass is 9.77. The second kappa shape index (κ2) is 9.07. The summed E-state index contributed by atoms with van der Waals surface area (Å²) < 4.78 is 52.5. The number of carbonyl (C=O) groups excluding carboxylic acids is 1. The number of halogens is 3. The highest BCUT2D eigenvalue weighted by Gasteiger charge is 2.51. The van der Waals surface area contributed by atoms with E-state index in [-0.39, 0.29) is 17.2 Å². The molecule has 0 saturated carbocycles. The number of carbonyl (C=O) groups is 1. The average molecular weight is 452 g/mol. The van der Waals surface area contributed by atoms with Crippen LogP contribution < -0.4 is 10.1 Å². The fourth-order valence-corrected chi connectivity index (χ4v) is 4.08. The molecule has 0 radical (unpaired) electrons. The summed E-state index contributed by atoms with van der Waals surface area (Å²) in [6.07, 6.45) is -3.46. The van der Waals surface area contributed by atoms with Gasteiger partial charge in [0.05, 0.1) is 42.0 Å². The highest BCUT2D eigenvalue weighted by Crippen LogP contribution is 2.50. The minimum absolute atomic E-state index is 0.279. The van der Waals surface area contributed by atoms with Crippen LogP contribution in [-0.2, 0) is 9.53 Å². The zero-order chi connectivity index (χ0) is 23.8. The van der Waals surface area contributed by atoms with Crippen molar-refractivity contribution in [1.29, 1.82) is 0 Å². The van der Waals surface area contributed by atoms with Crippen molar-refractivity contribution >= 4 is 11.6 Å². The van der Waals surface area contributed by atoms with Gasteiger partial charge >= 0.3 is 0 Å². The van der Waals surface area contributed by atoms with Gasteiger partial charge < -0.3 is 19.9 Å². The van der Waals surface area contributed by atoms with Crippen molar-refractivity contribution in [3.63, 3.8) is 0 Å². The Morgan fingerprint density at radius 3 is 2.50 bits per heavy atom. The van der Waals surface area contributed by atoms with E-state index in [0.29, 0.717) is 11.4 Å². The summed E-state index contributed by atoms with van der Waals surface area (Å²) in [5.41, 5.74) is -0.475. The van der Waals surface area contributed by atoms with Gasteiger partial charge in [-0.15, -0.1) is 0 Å². The van der Waals surface area contributed by atoms with E-state index < -0.39 is 47.4 Å². The summed E-state index contributed by atoms with van der Waals surface area (Å²) in [7, 11) is 1.19. The summed E-state index contributed by atoms with van der Waals surface area (Å²) in [5.74, 6) is -2.79. The number of ether oxygens (including phenoxy) is 2. The quantitative estimate of drug-likeness (QED) is 0.661. The monoisotopic (exact) mass is 452 g/mol. The lowest BCUT2D eigenvalue weighted by Gasteiger charge is -2.26. The molecule has 0 bridgehead atoms. The van der Waals surface area contributed by atoms with E-state index in [1.165, 1.54) is 19.4 Å².